The van der Waals surface area contributed by atoms with Crippen LogP contribution in [0.5, 0.6) is 0 Å². The van der Waals surface area contributed by atoms with Crippen molar-refractivity contribution in [3.8, 4) is 0 Å². The molecule has 1 atom stereocenters. The zero-order chi connectivity index (χ0) is 11.5. The molecule has 0 radical (unpaired) electrons. The van der Waals surface area contributed by atoms with Crippen molar-refractivity contribution in [1.29, 1.82) is 0 Å². The van der Waals surface area contributed by atoms with Crippen LogP contribution >= 0.6 is 0 Å². The van der Waals surface area contributed by atoms with Crippen molar-refractivity contribution in [1.82, 2.24) is 4.31 Å². The first-order valence-electron chi connectivity index (χ1n) is 4.36. The van der Waals surface area contributed by atoms with Gasteiger partial charge in [0.15, 0.2) is 0 Å². The molecule has 1 N–H and O–H groups in total. The number of carboxylic acid groups (broad SMARTS) is 1. The highest BCUT2D eigenvalue weighted by Crippen LogP contribution is 2.09. The summed E-state index contributed by atoms with van der Waals surface area (Å²) in [5, 5.41) is 8.66. The van der Waals surface area contributed by atoms with Crippen molar-refractivity contribution in [2.75, 3.05) is 12.8 Å². The summed E-state index contributed by atoms with van der Waals surface area (Å²) in [5.41, 5.74) is 0. The molecule has 0 aromatic carbocycles. The highest BCUT2D eigenvalue weighted by atomic mass is 32.2. The highest BCUT2D eigenvalue weighted by molar-refractivity contribution is 7.88. The van der Waals surface area contributed by atoms with Crippen LogP contribution in [0.2, 0.25) is 0 Å². The third kappa shape index (κ3) is 4.06. The highest BCUT2D eigenvalue weighted by Gasteiger charge is 2.24. The second kappa shape index (κ2) is 4.75. The summed E-state index contributed by atoms with van der Waals surface area (Å²) >= 11 is 0. The SMILES string of the molecule is CC(CN(C(C)C)S(C)(=O)=O)C(=O)O. The lowest BCUT2D eigenvalue weighted by atomic mass is 10.2. The molecule has 0 saturated heterocycles. The molecule has 0 aliphatic rings. The minimum absolute atomic E-state index is 0.0197. The Balaban J connectivity index is 4.65. The van der Waals surface area contributed by atoms with Crippen LogP contribution in [0, 0.1) is 5.92 Å². The second-order valence-electron chi connectivity index (χ2n) is 3.67. The molecule has 84 valence electrons. The van der Waals surface area contributed by atoms with Crippen molar-refractivity contribution in [2.24, 2.45) is 5.92 Å². The maximum absolute atomic E-state index is 11.3. The van der Waals surface area contributed by atoms with E-state index in [0.29, 0.717) is 0 Å². The van der Waals surface area contributed by atoms with E-state index in [0.717, 1.165) is 6.26 Å². The van der Waals surface area contributed by atoms with E-state index >= 15 is 0 Å². The van der Waals surface area contributed by atoms with Crippen LogP contribution in [0.4, 0.5) is 0 Å². The number of aliphatic carboxylic acids is 1. The molecule has 0 fully saturated rings. The van der Waals surface area contributed by atoms with Crippen molar-refractivity contribution >= 4 is 16.0 Å². The summed E-state index contributed by atoms with van der Waals surface area (Å²) in [6, 6.07) is -0.216. The molecule has 0 rings (SSSR count). The van der Waals surface area contributed by atoms with Gasteiger partial charge in [0, 0.05) is 12.6 Å². The van der Waals surface area contributed by atoms with Gasteiger partial charge in [0.2, 0.25) is 10.0 Å². The van der Waals surface area contributed by atoms with E-state index in [4.69, 9.17) is 5.11 Å². The lowest BCUT2D eigenvalue weighted by Crippen LogP contribution is -2.40. The van der Waals surface area contributed by atoms with Gasteiger partial charge < -0.3 is 5.11 Å². The minimum atomic E-state index is -3.32. The lowest BCUT2D eigenvalue weighted by Gasteiger charge is -2.25. The van der Waals surface area contributed by atoms with E-state index in [9.17, 15) is 13.2 Å². The summed E-state index contributed by atoms with van der Waals surface area (Å²) in [5.74, 6) is -1.67. The Morgan fingerprint density at radius 1 is 1.36 bits per heavy atom. The van der Waals surface area contributed by atoms with Crippen LogP contribution in [0.25, 0.3) is 0 Å². The predicted molar refractivity (Wildman–Crippen MR) is 53.5 cm³/mol. The Morgan fingerprint density at radius 3 is 2.00 bits per heavy atom. The zero-order valence-electron chi connectivity index (χ0n) is 8.89. The molecular formula is C8H17NO4S. The number of hydrogen-bond acceptors (Lipinski definition) is 3. The van der Waals surface area contributed by atoms with Crippen molar-refractivity contribution in [3.63, 3.8) is 0 Å². The molecule has 0 aliphatic heterocycles. The number of carboxylic acids is 1. The molecule has 14 heavy (non-hydrogen) atoms. The van der Waals surface area contributed by atoms with Crippen molar-refractivity contribution in [3.05, 3.63) is 0 Å². The summed E-state index contributed by atoms with van der Waals surface area (Å²) in [4.78, 5) is 10.6. The maximum atomic E-state index is 11.3. The van der Waals surface area contributed by atoms with E-state index in [1.807, 2.05) is 0 Å². The molecule has 0 aromatic heterocycles. The van der Waals surface area contributed by atoms with Crippen LogP contribution in [0.1, 0.15) is 20.8 Å². The lowest BCUT2D eigenvalue weighted by molar-refractivity contribution is -0.141. The van der Waals surface area contributed by atoms with E-state index in [1.54, 1.807) is 13.8 Å². The molecule has 0 aromatic rings. The molecule has 0 amide bonds. The molecule has 0 spiro atoms. The molecule has 0 aliphatic carbocycles. The monoisotopic (exact) mass is 223 g/mol. The van der Waals surface area contributed by atoms with Gasteiger partial charge in [0.1, 0.15) is 0 Å². The van der Waals surface area contributed by atoms with Gasteiger partial charge in [-0.25, -0.2) is 8.42 Å². The standard InChI is InChI=1S/C8H17NO4S/c1-6(2)9(14(4,12)13)5-7(3)8(10)11/h6-7H,5H2,1-4H3,(H,10,11). The first-order valence-corrected chi connectivity index (χ1v) is 6.20. The van der Waals surface area contributed by atoms with Gasteiger partial charge in [-0.15, -0.1) is 0 Å². The quantitative estimate of drug-likeness (QED) is 0.731. The van der Waals surface area contributed by atoms with Gasteiger partial charge in [0.25, 0.3) is 0 Å². The summed E-state index contributed by atoms with van der Waals surface area (Å²) < 4.78 is 23.7. The Hall–Kier alpha value is -0.620. The number of carbonyl (C=O) groups is 1. The van der Waals surface area contributed by atoms with Gasteiger partial charge in [-0.05, 0) is 13.8 Å². The van der Waals surface area contributed by atoms with Crippen LogP contribution in [0.3, 0.4) is 0 Å². The van der Waals surface area contributed by atoms with Crippen LogP contribution in [-0.4, -0.2) is 42.6 Å². The van der Waals surface area contributed by atoms with Gasteiger partial charge in [-0.2, -0.15) is 4.31 Å². The third-order valence-electron chi connectivity index (χ3n) is 1.88. The van der Waals surface area contributed by atoms with E-state index < -0.39 is 21.9 Å². The van der Waals surface area contributed by atoms with Crippen LogP contribution in [0.15, 0.2) is 0 Å². The molecule has 0 bridgehead atoms. The molecule has 6 heteroatoms. The first kappa shape index (κ1) is 13.4. The molecule has 0 saturated carbocycles. The molecule has 5 nitrogen and oxygen atoms in total. The van der Waals surface area contributed by atoms with Crippen molar-refractivity contribution < 1.29 is 18.3 Å². The topological polar surface area (TPSA) is 74.7 Å². The van der Waals surface area contributed by atoms with Crippen LogP contribution < -0.4 is 0 Å². The predicted octanol–water partition coefficient (Wildman–Crippen LogP) is 0.377. The Labute approximate surface area is 84.8 Å². The van der Waals surface area contributed by atoms with E-state index in [-0.39, 0.29) is 12.6 Å². The Bertz CT molecular complexity index is 296. The molecular weight excluding hydrogens is 206 g/mol. The fraction of sp³-hybridized carbons (Fsp3) is 0.875. The van der Waals surface area contributed by atoms with Crippen LogP contribution in [-0.2, 0) is 14.8 Å². The smallest absolute Gasteiger partial charge is 0.307 e. The molecule has 0 heterocycles. The van der Waals surface area contributed by atoms with Gasteiger partial charge in [0.05, 0.1) is 12.2 Å². The summed E-state index contributed by atoms with van der Waals surface area (Å²) in [6.45, 7) is 4.94. The van der Waals surface area contributed by atoms with Crippen molar-refractivity contribution in [2.45, 2.75) is 26.8 Å². The van der Waals surface area contributed by atoms with Gasteiger partial charge >= 0.3 is 5.97 Å². The van der Waals surface area contributed by atoms with Gasteiger partial charge in [-0.3, -0.25) is 4.79 Å². The van der Waals surface area contributed by atoms with E-state index in [1.165, 1.54) is 11.2 Å². The number of nitrogens with zero attached hydrogens (tertiary/aromatic N) is 1. The number of rotatable bonds is 5. The first-order chi connectivity index (χ1) is 6.16. The third-order valence-corrected chi connectivity index (χ3v) is 3.30. The summed E-state index contributed by atoms with van der Waals surface area (Å²) in [7, 11) is -3.32. The average molecular weight is 223 g/mol. The fourth-order valence-electron chi connectivity index (χ4n) is 1.08. The second-order valence-corrected chi connectivity index (χ2v) is 5.60. The summed E-state index contributed by atoms with van der Waals surface area (Å²) in [6.07, 6.45) is 1.08. The number of hydrogen-bond donors (Lipinski definition) is 1. The van der Waals surface area contributed by atoms with Gasteiger partial charge in [-0.1, -0.05) is 6.92 Å². The minimum Gasteiger partial charge on any atom is -0.481 e. The maximum Gasteiger partial charge on any atom is 0.307 e. The fourth-order valence-corrected chi connectivity index (χ4v) is 2.34. The molecule has 1 unspecified atom stereocenters. The normalized spacial score (nSPS) is 14.7. The Kier molecular flexibility index (Phi) is 4.54. The zero-order valence-corrected chi connectivity index (χ0v) is 9.71. The number of sulfonamides is 1. The largest absolute Gasteiger partial charge is 0.481 e. The average Bonchev–Trinajstić information content (AvgIpc) is 1.96. The Morgan fingerprint density at radius 2 is 1.79 bits per heavy atom. The van der Waals surface area contributed by atoms with E-state index in [2.05, 4.69) is 0 Å².